The van der Waals surface area contributed by atoms with Crippen molar-refractivity contribution in [3.8, 4) is 11.8 Å². The van der Waals surface area contributed by atoms with Gasteiger partial charge in [-0.1, -0.05) is 18.8 Å². The van der Waals surface area contributed by atoms with Crippen LogP contribution in [0.5, 0.6) is 0 Å². The largest absolute Gasteiger partial charge is 0.373 e. The molecular weight excluding hydrogens is 400 g/mol. The van der Waals surface area contributed by atoms with Crippen LogP contribution >= 0.6 is 0 Å². The van der Waals surface area contributed by atoms with E-state index in [-0.39, 0.29) is 11.8 Å². The van der Waals surface area contributed by atoms with E-state index in [1.165, 1.54) is 0 Å². The fourth-order valence-corrected chi connectivity index (χ4v) is 3.85. The van der Waals surface area contributed by atoms with Gasteiger partial charge in [0.15, 0.2) is 0 Å². The van der Waals surface area contributed by atoms with Crippen molar-refractivity contribution >= 4 is 39.3 Å². The normalized spacial score (nSPS) is 13.1. The fraction of sp³-hybridized carbons (Fsp3) is 0.280. The van der Waals surface area contributed by atoms with E-state index >= 15 is 0 Å². The molecule has 0 spiro atoms. The van der Waals surface area contributed by atoms with E-state index < -0.39 is 0 Å². The highest BCUT2D eigenvalue weighted by Gasteiger charge is 2.29. The number of amides is 1. The van der Waals surface area contributed by atoms with E-state index in [9.17, 15) is 4.79 Å². The average molecular weight is 425 g/mol. The van der Waals surface area contributed by atoms with Gasteiger partial charge in [0.2, 0.25) is 5.91 Å². The molecule has 7 nitrogen and oxygen atoms in total. The Hall–Kier alpha value is -3.92. The van der Waals surface area contributed by atoms with Crippen molar-refractivity contribution in [1.82, 2.24) is 19.5 Å². The summed E-state index contributed by atoms with van der Waals surface area (Å²) in [5.74, 6) is 8.99. The van der Waals surface area contributed by atoms with Crippen LogP contribution in [0.4, 0.5) is 11.6 Å². The number of aryl methyl sites for hydroxylation is 2. The van der Waals surface area contributed by atoms with Crippen LogP contribution in [-0.2, 0) is 18.3 Å². The second kappa shape index (κ2) is 7.97. The predicted octanol–water partition coefficient (Wildman–Crippen LogP) is 3.87. The quantitative estimate of drug-likeness (QED) is 0.486. The zero-order valence-electron chi connectivity index (χ0n) is 18.4. The zero-order valence-corrected chi connectivity index (χ0v) is 18.4. The van der Waals surface area contributed by atoms with E-state index in [1.54, 1.807) is 12.4 Å². The van der Waals surface area contributed by atoms with Gasteiger partial charge in [0.25, 0.3) is 0 Å². The summed E-state index contributed by atoms with van der Waals surface area (Å²) in [5, 5.41) is 7.77. The maximum absolute atomic E-state index is 12.2. The molecule has 1 amide bonds. The Bertz CT molecular complexity index is 1420. The van der Waals surface area contributed by atoms with Crippen molar-refractivity contribution in [1.29, 1.82) is 0 Å². The highest BCUT2D eigenvalue weighted by molar-refractivity contribution is 5.99. The number of hydrogen-bond donors (Lipinski definition) is 2. The van der Waals surface area contributed by atoms with Gasteiger partial charge in [0.1, 0.15) is 17.5 Å². The summed E-state index contributed by atoms with van der Waals surface area (Å²) in [5.41, 5.74) is 3.73. The number of imidazole rings is 1. The van der Waals surface area contributed by atoms with Gasteiger partial charge in [0, 0.05) is 55.2 Å². The summed E-state index contributed by atoms with van der Waals surface area (Å²) in [6.45, 7) is 2.10. The molecule has 1 aliphatic carbocycles. The number of fused-ring (bicyclic) bond motifs is 2. The maximum Gasteiger partial charge on any atom is 0.228 e. The summed E-state index contributed by atoms with van der Waals surface area (Å²) in [6.07, 6.45) is 6.27. The first-order chi connectivity index (χ1) is 15.6. The number of aromatic nitrogens is 4. The molecule has 7 heteroatoms. The molecule has 0 aliphatic heterocycles. The van der Waals surface area contributed by atoms with Gasteiger partial charge in [-0.2, -0.15) is 0 Å². The number of nitrogens with zero attached hydrogens (tertiary/aromatic N) is 4. The lowest BCUT2D eigenvalue weighted by molar-refractivity contribution is -0.117. The van der Waals surface area contributed by atoms with Gasteiger partial charge in [-0.3, -0.25) is 4.79 Å². The number of hydrogen-bond acceptors (Lipinski definition) is 5. The molecule has 160 valence electrons. The minimum Gasteiger partial charge on any atom is -0.373 e. The molecule has 0 saturated heterocycles. The lowest BCUT2D eigenvalue weighted by Crippen LogP contribution is -2.14. The van der Waals surface area contributed by atoms with Crippen LogP contribution in [0.25, 0.3) is 21.8 Å². The summed E-state index contributed by atoms with van der Waals surface area (Å²) in [6, 6.07) is 7.94. The van der Waals surface area contributed by atoms with Crippen LogP contribution in [0.3, 0.4) is 0 Å². The van der Waals surface area contributed by atoms with Crippen LogP contribution in [0, 0.1) is 17.8 Å². The Morgan fingerprint density at radius 2 is 2.00 bits per heavy atom. The van der Waals surface area contributed by atoms with E-state index in [0.29, 0.717) is 5.82 Å². The SMILES string of the molecule is CCc1nc2ccc(C#Cc3cnc(NC)c4cnc(NC(=O)C5CC5)cc34)cc2n1C. The molecule has 0 radical (unpaired) electrons. The first-order valence-electron chi connectivity index (χ1n) is 10.8. The van der Waals surface area contributed by atoms with E-state index in [4.69, 9.17) is 0 Å². The Labute approximate surface area is 186 Å². The monoisotopic (exact) mass is 424 g/mol. The van der Waals surface area contributed by atoms with Crippen LogP contribution in [-0.4, -0.2) is 32.5 Å². The molecule has 2 N–H and O–H groups in total. The van der Waals surface area contributed by atoms with Crippen LogP contribution in [0.1, 0.15) is 36.7 Å². The first-order valence-corrected chi connectivity index (χ1v) is 10.8. The van der Waals surface area contributed by atoms with Gasteiger partial charge in [-0.25, -0.2) is 15.0 Å². The number of nitrogens with one attached hydrogen (secondary N) is 2. The van der Waals surface area contributed by atoms with E-state index in [1.807, 2.05) is 32.3 Å². The Kier molecular flexibility index (Phi) is 4.98. The molecule has 4 aromatic rings. The number of rotatable bonds is 4. The minimum absolute atomic E-state index is 0.0308. The number of benzene rings is 1. The number of anilines is 2. The van der Waals surface area contributed by atoms with Crippen molar-refractivity contribution in [2.75, 3.05) is 17.7 Å². The molecule has 32 heavy (non-hydrogen) atoms. The highest BCUT2D eigenvalue weighted by atomic mass is 16.2. The molecular formula is C25H24N6O. The summed E-state index contributed by atoms with van der Waals surface area (Å²) >= 11 is 0. The van der Waals surface area contributed by atoms with Crippen LogP contribution in [0.2, 0.25) is 0 Å². The molecule has 3 heterocycles. The summed E-state index contributed by atoms with van der Waals surface area (Å²) in [7, 11) is 3.85. The molecule has 0 unspecified atom stereocenters. The molecule has 1 fully saturated rings. The third-order valence-electron chi connectivity index (χ3n) is 5.84. The standard InChI is InChI=1S/C25H24N6O/c1-4-23-29-20-10-6-15(11-21(20)31(23)3)5-7-17-13-28-24(26-2)19-14-27-22(12-18(17)19)30-25(32)16-8-9-16/h6,10-14,16H,4,8-9H2,1-3H3,(H,26,28)(H,27,30,32). The summed E-state index contributed by atoms with van der Waals surface area (Å²) in [4.78, 5) is 25.7. The molecule has 5 rings (SSSR count). The van der Waals surface area contributed by atoms with Gasteiger partial charge >= 0.3 is 0 Å². The van der Waals surface area contributed by atoms with Gasteiger partial charge in [-0.15, -0.1) is 0 Å². The molecule has 0 bridgehead atoms. The number of pyridine rings is 2. The lowest BCUT2D eigenvalue weighted by Gasteiger charge is -2.09. The Balaban J connectivity index is 1.55. The van der Waals surface area contributed by atoms with Gasteiger partial charge < -0.3 is 15.2 Å². The molecule has 3 aromatic heterocycles. The third kappa shape index (κ3) is 3.65. The summed E-state index contributed by atoms with van der Waals surface area (Å²) < 4.78 is 2.11. The fourth-order valence-electron chi connectivity index (χ4n) is 3.85. The lowest BCUT2D eigenvalue weighted by atomic mass is 10.1. The smallest absolute Gasteiger partial charge is 0.228 e. The van der Waals surface area contributed by atoms with Crippen molar-refractivity contribution in [3.63, 3.8) is 0 Å². The Morgan fingerprint density at radius 1 is 1.16 bits per heavy atom. The topological polar surface area (TPSA) is 84.7 Å². The van der Waals surface area contributed by atoms with Crippen molar-refractivity contribution < 1.29 is 4.79 Å². The third-order valence-corrected chi connectivity index (χ3v) is 5.84. The van der Waals surface area contributed by atoms with E-state index in [2.05, 4.69) is 55.0 Å². The van der Waals surface area contributed by atoms with Crippen molar-refractivity contribution in [3.05, 3.63) is 53.6 Å². The molecule has 1 aromatic carbocycles. The van der Waals surface area contributed by atoms with Crippen LogP contribution in [0.15, 0.2) is 36.7 Å². The van der Waals surface area contributed by atoms with Gasteiger partial charge in [0.05, 0.1) is 16.6 Å². The van der Waals surface area contributed by atoms with E-state index in [0.717, 1.165) is 63.8 Å². The number of carbonyl (C=O) groups is 1. The number of carbonyl (C=O) groups excluding carboxylic acids is 1. The van der Waals surface area contributed by atoms with Gasteiger partial charge in [-0.05, 0) is 37.1 Å². The molecule has 1 aliphatic rings. The Morgan fingerprint density at radius 3 is 2.75 bits per heavy atom. The van der Waals surface area contributed by atoms with Crippen LogP contribution < -0.4 is 10.6 Å². The van der Waals surface area contributed by atoms with Crippen molar-refractivity contribution in [2.45, 2.75) is 26.2 Å². The average Bonchev–Trinajstić information content (AvgIpc) is 3.62. The maximum atomic E-state index is 12.2. The highest BCUT2D eigenvalue weighted by Crippen LogP contribution is 2.31. The predicted molar refractivity (Wildman–Crippen MR) is 127 cm³/mol. The molecule has 1 saturated carbocycles. The second-order valence-corrected chi connectivity index (χ2v) is 8.04. The zero-order chi connectivity index (χ0) is 22.2. The van der Waals surface area contributed by atoms with Crippen molar-refractivity contribution in [2.24, 2.45) is 13.0 Å². The second-order valence-electron chi connectivity index (χ2n) is 8.04. The molecule has 0 atom stereocenters. The minimum atomic E-state index is 0.0308. The first kappa shape index (κ1) is 20.0.